The number of fused-ring (bicyclic) bond motifs is 1. The highest BCUT2D eigenvalue weighted by molar-refractivity contribution is 7.90. The van der Waals surface area contributed by atoms with Crippen molar-refractivity contribution in [2.75, 3.05) is 23.5 Å². The molecule has 3 aromatic rings. The number of rotatable bonds is 6. The smallest absolute Gasteiger partial charge is 0.405 e. The van der Waals surface area contributed by atoms with Gasteiger partial charge in [0.2, 0.25) is 0 Å². The van der Waals surface area contributed by atoms with Crippen molar-refractivity contribution in [3.63, 3.8) is 0 Å². The summed E-state index contributed by atoms with van der Waals surface area (Å²) >= 11 is 13.0. The molecule has 0 saturated heterocycles. The van der Waals surface area contributed by atoms with E-state index in [1.54, 1.807) is 12.1 Å². The Labute approximate surface area is 209 Å². The zero-order chi connectivity index (χ0) is 25.5. The van der Waals surface area contributed by atoms with E-state index in [0.29, 0.717) is 16.9 Å². The second-order valence-corrected chi connectivity index (χ2v) is 10.7. The molecule has 186 valence electrons. The Kier molecular flexibility index (Phi) is 6.85. The predicted octanol–water partition coefficient (Wildman–Crippen LogP) is 5.90. The molecule has 0 fully saturated rings. The fraction of sp³-hybridized carbons (Fsp3) is 0.217. The van der Waals surface area contributed by atoms with Crippen molar-refractivity contribution in [2.24, 2.45) is 0 Å². The van der Waals surface area contributed by atoms with E-state index in [1.165, 1.54) is 42.5 Å². The van der Waals surface area contributed by atoms with Crippen LogP contribution in [0.1, 0.15) is 11.5 Å². The summed E-state index contributed by atoms with van der Waals surface area (Å²) < 4.78 is 66.4. The van der Waals surface area contributed by atoms with Crippen LogP contribution < -0.4 is 15.4 Å². The predicted molar refractivity (Wildman–Crippen MR) is 129 cm³/mol. The number of sulfone groups is 1. The number of halogens is 5. The Morgan fingerprint density at radius 1 is 1.09 bits per heavy atom. The van der Waals surface area contributed by atoms with E-state index in [9.17, 15) is 26.7 Å². The number of para-hydroxylation sites is 1. The van der Waals surface area contributed by atoms with Crippen LogP contribution in [0.4, 0.5) is 24.5 Å². The number of benzene rings is 3. The molecule has 3 N–H and O–H groups in total. The summed E-state index contributed by atoms with van der Waals surface area (Å²) in [6, 6.07) is 13.2. The number of hydrogen-bond acceptors (Lipinski definition) is 6. The number of alkyl halides is 3. The molecule has 2 atom stereocenters. The maximum absolute atomic E-state index is 12.9. The van der Waals surface area contributed by atoms with Gasteiger partial charge in [-0.25, -0.2) is 8.42 Å². The van der Waals surface area contributed by atoms with E-state index in [0.717, 1.165) is 6.26 Å². The molecule has 3 aromatic carbocycles. The largest absolute Gasteiger partial charge is 0.573 e. The zero-order valence-electron chi connectivity index (χ0n) is 18.0. The highest BCUT2D eigenvalue weighted by atomic mass is 35.5. The summed E-state index contributed by atoms with van der Waals surface area (Å²) in [4.78, 5) is 0.146. The number of aliphatic hydroxyl groups is 1. The first-order chi connectivity index (χ1) is 16.4. The summed E-state index contributed by atoms with van der Waals surface area (Å²) in [5.74, 6) is -0.972. The molecule has 0 spiro atoms. The van der Waals surface area contributed by atoms with Crippen molar-refractivity contribution in [1.29, 1.82) is 0 Å². The average Bonchev–Trinajstić information content (AvgIpc) is 3.18. The zero-order valence-corrected chi connectivity index (χ0v) is 20.4. The lowest BCUT2D eigenvalue weighted by Crippen LogP contribution is -2.32. The van der Waals surface area contributed by atoms with E-state index >= 15 is 0 Å². The Balaban J connectivity index is 1.68. The Morgan fingerprint density at radius 2 is 1.74 bits per heavy atom. The molecule has 0 saturated carbocycles. The van der Waals surface area contributed by atoms with Crippen molar-refractivity contribution in [2.45, 2.75) is 23.3 Å². The molecular weight excluding hydrogens is 528 g/mol. The summed E-state index contributed by atoms with van der Waals surface area (Å²) in [5, 5.41) is 16.6. The van der Waals surface area contributed by atoms with Gasteiger partial charge in [0.05, 0.1) is 32.9 Å². The van der Waals surface area contributed by atoms with Crippen LogP contribution in [0.15, 0.2) is 59.5 Å². The number of anilines is 2. The van der Waals surface area contributed by atoms with Gasteiger partial charge >= 0.3 is 6.36 Å². The molecule has 0 amide bonds. The van der Waals surface area contributed by atoms with Crippen molar-refractivity contribution < 1.29 is 31.4 Å². The van der Waals surface area contributed by atoms with Crippen LogP contribution in [0.25, 0.3) is 11.1 Å². The standard InChI is InChI=1S/C23H19Cl2F3N2O4S/c1-35(32,33)13-8-6-12(7-9-13)15(11-31)22-29-17-10-16(24)19(20(25)21(17)30-22)14-4-2-3-5-18(14)34-23(26,27)28/h2-10,15,22,29-31H,11H2,1H3. The van der Waals surface area contributed by atoms with Crippen molar-refractivity contribution >= 4 is 44.4 Å². The molecule has 1 heterocycles. The molecular formula is C23H19Cl2F3N2O4S. The van der Waals surface area contributed by atoms with Crippen LogP contribution in [0.5, 0.6) is 5.75 Å². The number of hydrogen-bond donors (Lipinski definition) is 3. The minimum Gasteiger partial charge on any atom is -0.405 e. The van der Waals surface area contributed by atoms with Crippen LogP contribution in [0.3, 0.4) is 0 Å². The second-order valence-electron chi connectivity index (χ2n) is 7.91. The van der Waals surface area contributed by atoms with Crippen LogP contribution in [-0.4, -0.2) is 38.9 Å². The molecule has 12 heteroatoms. The third kappa shape index (κ3) is 5.30. The minimum atomic E-state index is -4.91. The Bertz CT molecular complexity index is 1370. The van der Waals surface area contributed by atoms with E-state index in [4.69, 9.17) is 23.2 Å². The van der Waals surface area contributed by atoms with Gasteiger partial charge in [0.15, 0.2) is 9.84 Å². The maximum Gasteiger partial charge on any atom is 0.573 e. The molecule has 0 bridgehead atoms. The molecule has 0 aliphatic carbocycles. The van der Waals surface area contributed by atoms with Crippen LogP contribution in [-0.2, 0) is 9.84 Å². The first-order valence-electron chi connectivity index (χ1n) is 10.2. The summed E-state index contributed by atoms with van der Waals surface area (Å²) in [5.41, 5.74) is 1.75. The lowest BCUT2D eigenvalue weighted by molar-refractivity contribution is -0.274. The molecule has 6 nitrogen and oxygen atoms in total. The lowest BCUT2D eigenvalue weighted by Gasteiger charge is -2.23. The van der Waals surface area contributed by atoms with E-state index in [1.807, 2.05) is 0 Å². The monoisotopic (exact) mass is 546 g/mol. The van der Waals surface area contributed by atoms with E-state index < -0.39 is 34.0 Å². The second kappa shape index (κ2) is 9.42. The molecule has 1 aliphatic heterocycles. The number of nitrogens with one attached hydrogen (secondary N) is 2. The van der Waals surface area contributed by atoms with Gasteiger partial charge in [-0.05, 0) is 29.8 Å². The normalized spacial score (nSPS) is 16.3. The average molecular weight is 547 g/mol. The Morgan fingerprint density at radius 3 is 2.34 bits per heavy atom. The van der Waals surface area contributed by atoms with Gasteiger partial charge in [0, 0.05) is 23.3 Å². The first-order valence-corrected chi connectivity index (χ1v) is 12.8. The maximum atomic E-state index is 12.9. The van der Waals surface area contributed by atoms with Gasteiger partial charge in [-0.1, -0.05) is 53.5 Å². The first kappa shape index (κ1) is 25.4. The number of ether oxygens (including phenoxy) is 1. The van der Waals surface area contributed by atoms with Crippen LogP contribution >= 0.6 is 23.2 Å². The van der Waals surface area contributed by atoms with E-state index in [2.05, 4.69) is 15.4 Å². The Hall–Kier alpha value is -2.66. The topological polar surface area (TPSA) is 87.7 Å². The van der Waals surface area contributed by atoms with Gasteiger partial charge < -0.3 is 20.5 Å². The minimum absolute atomic E-state index is 0.0583. The molecule has 4 rings (SSSR count). The molecule has 0 radical (unpaired) electrons. The van der Waals surface area contributed by atoms with Gasteiger partial charge in [-0.15, -0.1) is 13.2 Å². The molecule has 1 aliphatic rings. The molecule has 2 unspecified atom stereocenters. The quantitative estimate of drug-likeness (QED) is 0.356. The van der Waals surface area contributed by atoms with Crippen molar-refractivity contribution in [3.8, 4) is 16.9 Å². The lowest BCUT2D eigenvalue weighted by atomic mass is 9.97. The van der Waals surface area contributed by atoms with E-state index in [-0.39, 0.29) is 32.7 Å². The van der Waals surface area contributed by atoms with Gasteiger partial charge in [-0.3, -0.25) is 0 Å². The van der Waals surface area contributed by atoms with Crippen LogP contribution in [0.2, 0.25) is 10.0 Å². The van der Waals surface area contributed by atoms with Gasteiger partial charge in [-0.2, -0.15) is 0 Å². The summed E-state index contributed by atoms with van der Waals surface area (Å²) in [6.45, 7) is -0.294. The highest BCUT2D eigenvalue weighted by Crippen LogP contribution is 2.49. The highest BCUT2D eigenvalue weighted by Gasteiger charge is 2.35. The van der Waals surface area contributed by atoms with Crippen molar-refractivity contribution in [1.82, 2.24) is 0 Å². The van der Waals surface area contributed by atoms with Crippen molar-refractivity contribution in [3.05, 3.63) is 70.2 Å². The number of aliphatic hydroxyl groups excluding tert-OH is 1. The molecule has 35 heavy (non-hydrogen) atoms. The van der Waals surface area contributed by atoms with Gasteiger partial charge in [0.25, 0.3) is 0 Å². The molecule has 0 aromatic heterocycles. The summed E-state index contributed by atoms with van der Waals surface area (Å²) in [7, 11) is -3.38. The van der Waals surface area contributed by atoms with Gasteiger partial charge in [0.1, 0.15) is 11.9 Å². The SMILES string of the molecule is CS(=O)(=O)c1ccc(C(CO)C2Nc3cc(Cl)c(-c4ccccc4OC(F)(F)F)c(Cl)c3N2)cc1. The third-order valence-corrected chi connectivity index (χ3v) is 7.35. The fourth-order valence-electron chi connectivity index (χ4n) is 3.93. The summed E-state index contributed by atoms with van der Waals surface area (Å²) in [6.07, 6.45) is -4.37. The van der Waals surface area contributed by atoms with Crippen LogP contribution in [0, 0.1) is 0 Å². The third-order valence-electron chi connectivity index (χ3n) is 5.55. The fourth-order valence-corrected chi connectivity index (χ4v) is 5.28.